The van der Waals surface area contributed by atoms with Gasteiger partial charge in [0.1, 0.15) is 0 Å². The third-order valence-corrected chi connectivity index (χ3v) is 5.65. The molecule has 6 nitrogen and oxygen atoms in total. The van der Waals surface area contributed by atoms with E-state index in [9.17, 15) is 13.2 Å². The van der Waals surface area contributed by atoms with Gasteiger partial charge in [0.2, 0.25) is 0 Å². The van der Waals surface area contributed by atoms with Crippen LogP contribution < -0.4 is 9.47 Å². The molecule has 1 aromatic carbocycles. The number of likely N-dealkylation sites (tertiary alicyclic amines) is 1. The molecule has 4 rings (SSSR count). The number of benzene rings is 1. The van der Waals surface area contributed by atoms with Crippen molar-refractivity contribution in [1.82, 2.24) is 15.0 Å². The first-order valence-electron chi connectivity index (χ1n) is 10.1. The number of aromatic nitrogens is 2. The van der Waals surface area contributed by atoms with Crippen molar-refractivity contribution in [3.05, 3.63) is 46.8 Å². The molecule has 0 radical (unpaired) electrons. The molecule has 0 aliphatic carbocycles. The fourth-order valence-corrected chi connectivity index (χ4v) is 4.26. The van der Waals surface area contributed by atoms with Crippen molar-refractivity contribution in [3.8, 4) is 11.5 Å². The molecule has 0 N–H and O–H groups in total. The van der Waals surface area contributed by atoms with E-state index in [1.807, 2.05) is 18.2 Å². The van der Waals surface area contributed by atoms with Gasteiger partial charge in [0.25, 0.3) is 5.71 Å². The fourth-order valence-electron chi connectivity index (χ4n) is 4.26. The molecule has 3 heterocycles. The molecular formula is C22H24F3N3O3. The molecule has 0 bridgehead atoms. The van der Waals surface area contributed by atoms with Crippen LogP contribution in [0, 0.1) is 6.92 Å². The zero-order valence-electron chi connectivity index (χ0n) is 17.6. The van der Waals surface area contributed by atoms with Gasteiger partial charge >= 0.3 is 6.18 Å². The number of rotatable bonds is 5. The van der Waals surface area contributed by atoms with E-state index in [0.29, 0.717) is 30.3 Å². The Balaban J connectivity index is 1.60. The summed E-state index contributed by atoms with van der Waals surface area (Å²) >= 11 is 0. The number of pyridine rings is 1. The molecule has 1 aliphatic rings. The molecule has 9 heteroatoms. The number of piperidine rings is 1. The van der Waals surface area contributed by atoms with Crippen LogP contribution in [0.4, 0.5) is 13.2 Å². The number of alkyl halides is 3. The summed E-state index contributed by atoms with van der Waals surface area (Å²) in [6.45, 7) is 3.60. The van der Waals surface area contributed by atoms with E-state index in [2.05, 4.69) is 15.0 Å². The minimum atomic E-state index is -4.50. The highest BCUT2D eigenvalue weighted by Gasteiger charge is 2.37. The van der Waals surface area contributed by atoms with Gasteiger partial charge in [-0.05, 0) is 50.1 Å². The molecule has 1 saturated heterocycles. The Kier molecular flexibility index (Phi) is 5.79. The normalized spacial score (nSPS) is 17.8. The van der Waals surface area contributed by atoms with Crippen LogP contribution in [0.1, 0.15) is 41.3 Å². The highest BCUT2D eigenvalue weighted by Crippen LogP contribution is 2.40. The minimum Gasteiger partial charge on any atom is -0.493 e. The largest absolute Gasteiger partial charge is 0.493 e. The monoisotopic (exact) mass is 435 g/mol. The lowest BCUT2D eigenvalue weighted by atomic mass is 9.91. The molecular weight excluding hydrogens is 411 g/mol. The maximum absolute atomic E-state index is 13.7. The Hall–Kier alpha value is -2.81. The van der Waals surface area contributed by atoms with Crippen molar-refractivity contribution in [2.75, 3.05) is 27.3 Å². The SMILES string of the molecule is COc1ccc(CN2CCCC(c3noc4nc(C)cc(C(F)(F)F)c34)C2)cc1OC. The standard InChI is InChI=1S/C22H24F3N3O3/c1-13-9-16(22(23,24)25)19-20(27-31-21(19)26-13)15-5-4-8-28(12-15)11-14-6-7-17(29-2)18(10-14)30-3/h6-7,9-10,15H,4-5,8,11-12H2,1-3H3. The molecule has 0 saturated carbocycles. The third kappa shape index (κ3) is 4.32. The number of ether oxygens (including phenoxy) is 2. The van der Waals surface area contributed by atoms with E-state index < -0.39 is 11.7 Å². The van der Waals surface area contributed by atoms with Crippen molar-refractivity contribution < 1.29 is 27.2 Å². The molecule has 2 aromatic heterocycles. The molecule has 166 valence electrons. The molecule has 3 aromatic rings. The number of aryl methyl sites for hydroxylation is 1. The van der Waals surface area contributed by atoms with E-state index in [1.54, 1.807) is 14.2 Å². The minimum absolute atomic E-state index is 0.0175. The summed E-state index contributed by atoms with van der Waals surface area (Å²) in [5, 5.41) is 4.01. The molecule has 1 atom stereocenters. The van der Waals surface area contributed by atoms with Gasteiger partial charge in [-0.1, -0.05) is 11.2 Å². The van der Waals surface area contributed by atoms with E-state index in [0.717, 1.165) is 31.0 Å². The summed E-state index contributed by atoms with van der Waals surface area (Å²) in [6.07, 6.45) is -2.90. The summed E-state index contributed by atoms with van der Waals surface area (Å²) in [6, 6.07) is 6.80. The first-order valence-corrected chi connectivity index (χ1v) is 10.1. The van der Waals surface area contributed by atoms with E-state index in [-0.39, 0.29) is 22.7 Å². The number of halogens is 3. The van der Waals surface area contributed by atoms with Gasteiger partial charge in [0.15, 0.2) is 11.5 Å². The van der Waals surface area contributed by atoms with Crippen LogP contribution in [-0.4, -0.2) is 42.3 Å². The second-order valence-corrected chi connectivity index (χ2v) is 7.82. The van der Waals surface area contributed by atoms with Gasteiger partial charge in [0, 0.05) is 24.7 Å². The van der Waals surface area contributed by atoms with Crippen LogP contribution in [0.25, 0.3) is 11.1 Å². The van der Waals surface area contributed by atoms with E-state index in [4.69, 9.17) is 14.0 Å². The average molecular weight is 435 g/mol. The summed E-state index contributed by atoms with van der Waals surface area (Å²) in [5.41, 5.74) is 0.840. The molecule has 1 unspecified atom stereocenters. The summed E-state index contributed by atoms with van der Waals surface area (Å²) in [4.78, 5) is 6.33. The smallest absolute Gasteiger partial charge is 0.417 e. The second-order valence-electron chi connectivity index (χ2n) is 7.82. The van der Waals surface area contributed by atoms with Crippen molar-refractivity contribution in [1.29, 1.82) is 0 Å². The highest BCUT2D eigenvalue weighted by molar-refractivity contribution is 5.81. The number of hydrogen-bond donors (Lipinski definition) is 0. The molecule has 1 aliphatic heterocycles. The van der Waals surface area contributed by atoms with Gasteiger partial charge in [-0.15, -0.1) is 0 Å². The van der Waals surface area contributed by atoms with Gasteiger partial charge in [-0.3, -0.25) is 4.90 Å². The maximum atomic E-state index is 13.7. The Morgan fingerprint density at radius 2 is 1.94 bits per heavy atom. The topological polar surface area (TPSA) is 60.6 Å². The van der Waals surface area contributed by atoms with Gasteiger partial charge < -0.3 is 14.0 Å². The van der Waals surface area contributed by atoms with Crippen molar-refractivity contribution in [3.63, 3.8) is 0 Å². The highest BCUT2D eigenvalue weighted by atomic mass is 19.4. The first-order chi connectivity index (χ1) is 14.8. The van der Waals surface area contributed by atoms with Crippen LogP contribution in [0.15, 0.2) is 28.8 Å². The fraction of sp³-hybridized carbons (Fsp3) is 0.455. The molecule has 1 fully saturated rings. The lowest BCUT2D eigenvalue weighted by Gasteiger charge is -2.32. The average Bonchev–Trinajstić information content (AvgIpc) is 3.16. The summed E-state index contributed by atoms with van der Waals surface area (Å²) in [7, 11) is 3.17. The Morgan fingerprint density at radius 3 is 2.65 bits per heavy atom. The van der Waals surface area contributed by atoms with Gasteiger partial charge in [0.05, 0.1) is 30.9 Å². The maximum Gasteiger partial charge on any atom is 0.417 e. The predicted octanol–water partition coefficient (Wildman–Crippen LogP) is 4.95. The van der Waals surface area contributed by atoms with Gasteiger partial charge in [-0.2, -0.15) is 13.2 Å². The number of hydrogen-bond acceptors (Lipinski definition) is 6. The predicted molar refractivity (Wildman–Crippen MR) is 108 cm³/mol. The summed E-state index contributed by atoms with van der Waals surface area (Å²) in [5.74, 6) is 1.13. The molecule has 31 heavy (non-hydrogen) atoms. The molecule has 0 spiro atoms. The van der Waals surface area contributed by atoms with Crippen molar-refractivity contribution in [2.24, 2.45) is 0 Å². The third-order valence-electron chi connectivity index (χ3n) is 5.65. The Bertz CT molecular complexity index is 1080. The van der Waals surface area contributed by atoms with Gasteiger partial charge in [-0.25, -0.2) is 4.98 Å². The van der Waals surface area contributed by atoms with Crippen LogP contribution in [0.5, 0.6) is 11.5 Å². The second kappa shape index (κ2) is 8.37. The van der Waals surface area contributed by atoms with E-state index >= 15 is 0 Å². The zero-order chi connectivity index (χ0) is 22.2. The quantitative estimate of drug-likeness (QED) is 0.565. The summed E-state index contributed by atoms with van der Waals surface area (Å²) < 4.78 is 56.9. The van der Waals surface area contributed by atoms with Crippen LogP contribution in [0.2, 0.25) is 0 Å². The molecule has 0 amide bonds. The van der Waals surface area contributed by atoms with Crippen LogP contribution in [0.3, 0.4) is 0 Å². The first kappa shape index (κ1) is 21.4. The number of nitrogens with zero attached hydrogens (tertiary/aromatic N) is 3. The zero-order valence-corrected chi connectivity index (χ0v) is 17.6. The Labute approximate surface area is 177 Å². The van der Waals surface area contributed by atoms with Crippen LogP contribution in [-0.2, 0) is 12.7 Å². The Morgan fingerprint density at radius 1 is 1.16 bits per heavy atom. The lowest BCUT2D eigenvalue weighted by Crippen LogP contribution is -2.34. The lowest BCUT2D eigenvalue weighted by molar-refractivity contribution is -0.136. The van der Waals surface area contributed by atoms with E-state index in [1.165, 1.54) is 6.92 Å². The number of methoxy groups -OCH3 is 2. The van der Waals surface area contributed by atoms with Crippen molar-refractivity contribution >= 4 is 11.1 Å². The van der Waals surface area contributed by atoms with Crippen LogP contribution >= 0.6 is 0 Å². The van der Waals surface area contributed by atoms with Crippen molar-refractivity contribution in [2.45, 2.75) is 38.4 Å². The number of fused-ring (bicyclic) bond motifs is 1.